The van der Waals surface area contributed by atoms with Crippen molar-refractivity contribution in [1.29, 1.82) is 0 Å². The van der Waals surface area contributed by atoms with Crippen LogP contribution in [0.15, 0.2) is 87.2 Å². The Labute approximate surface area is 229 Å². The van der Waals surface area contributed by atoms with Crippen molar-refractivity contribution in [2.24, 2.45) is 5.10 Å². The van der Waals surface area contributed by atoms with Crippen LogP contribution in [-0.2, 0) is 6.18 Å². The third kappa shape index (κ3) is 4.79. The number of alkyl halides is 3. The monoisotopic (exact) mass is 598 g/mol. The molecule has 5 aromatic rings. The van der Waals surface area contributed by atoms with Crippen molar-refractivity contribution < 1.29 is 13.2 Å². The lowest BCUT2D eigenvalue weighted by atomic mass is 10.1. The van der Waals surface area contributed by atoms with E-state index in [1.807, 2.05) is 42.7 Å². The molecule has 0 fully saturated rings. The van der Waals surface area contributed by atoms with Crippen LogP contribution in [0.3, 0.4) is 0 Å². The molecule has 0 unspecified atom stereocenters. The zero-order valence-corrected chi connectivity index (χ0v) is 22.4. The van der Waals surface area contributed by atoms with Crippen molar-refractivity contribution >= 4 is 44.6 Å². The number of hydrogen-bond acceptors (Lipinski definition) is 3. The minimum absolute atomic E-state index is 0.00421. The number of rotatable bonds is 4. The van der Waals surface area contributed by atoms with Crippen LogP contribution in [-0.4, -0.2) is 20.4 Å². The Kier molecular flexibility index (Phi) is 6.75. The molecule has 0 bridgehead atoms. The van der Waals surface area contributed by atoms with E-state index in [2.05, 4.69) is 26.0 Å². The Morgan fingerprint density at radius 1 is 1.00 bits per heavy atom. The number of hydrogen-bond donors (Lipinski definition) is 0. The molecule has 38 heavy (non-hydrogen) atoms. The summed E-state index contributed by atoms with van der Waals surface area (Å²) in [5.74, 6) is 0.00421. The lowest BCUT2D eigenvalue weighted by molar-refractivity contribution is -0.137. The number of benzene rings is 3. The van der Waals surface area contributed by atoms with Gasteiger partial charge in [0, 0.05) is 32.7 Å². The predicted octanol–water partition coefficient (Wildman–Crippen LogP) is 7.79. The van der Waals surface area contributed by atoms with Gasteiger partial charge in [-0.25, -0.2) is 4.98 Å². The van der Waals surface area contributed by atoms with Gasteiger partial charge < -0.3 is 4.57 Å². The van der Waals surface area contributed by atoms with E-state index in [4.69, 9.17) is 11.6 Å². The van der Waals surface area contributed by atoms with Crippen LogP contribution in [0.4, 0.5) is 13.2 Å². The summed E-state index contributed by atoms with van der Waals surface area (Å²) in [5, 5.41) is 5.28. The Balaban J connectivity index is 1.66. The van der Waals surface area contributed by atoms with Gasteiger partial charge in [0.15, 0.2) is 5.82 Å². The van der Waals surface area contributed by atoms with E-state index in [-0.39, 0.29) is 11.4 Å². The maximum atomic E-state index is 13.4. The van der Waals surface area contributed by atoms with Crippen LogP contribution < -0.4 is 5.56 Å². The summed E-state index contributed by atoms with van der Waals surface area (Å²) in [6.07, 6.45) is -3.04. The second-order valence-electron chi connectivity index (χ2n) is 8.65. The molecule has 10 heteroatoms. The summed E-state index contributed by atoms with van der Waals surface area (Å²) in [6, 6.07) is 18.8. The van der Waals surface area contributed by atoms with E-state index < -0.39 is 17.3 Å². The van der Waals surface area contributed by atoms with E-state index in [0.29, 0.717) is 15.9 Å². The Morgan fingerprint density at radius 3 is 2.50 bits per heavy atom. The van der Waals surface area contributed by atoms with E-state index in [1.165, 1.54) is 18.3 Å². The minimum atomic E-state index is -4.55. The topological polar surface area (TPSA) is 52.2 Å². The number of halogens is 5. The average molecular weight is 600 g/mol. The van der Waals surface area contributed by atoms with E-state index >= 15 is 0 Å². The summed E-state index contributed by atoms with van der Waals surface area (Å²) in [4.78, 5) is 17.9. The molecule has 5 nitrogen and oxygen atoms in total. The average Bonchev–Trinajstić information content (AvgIpc) is 3.17. The van der Waals surface area contributed by atoms with Gasteiger partial charge in [-0.1, -0.05) is 35.9 Å². The summed E-state index contributed by atoms with van der Waals surface area (Å²) in [6.45, 7) is 3.83. The second-order valence-corrected chi connectivity index (χ2v) is 9.91. The third-order valence-electron chi connectivity index (χ3n) is 6.15. The van der Waals surface area contributed by atoms with Crippen molar-refractivity contribution in [3.8, 4) is 17.1 Å². The Morgan fingerprint density at radius 2 is 1.76 bits per heavy atom. The highest BCUT2D eigenvalue weighted by atomic mass is 79.9. The molecule has 5 rings (SSSR count). The van der Waals surface area contributed by atoms with Gasteiger partial charge in [0.1, 0.15) is 0 Å². The Hall–Kier alpha value is -3.69. The zero-order chi connectivity index (χ0) is 27.2. The molecule has 0 amide bonds. The van der Waals surface area contributed by atoms with Gasteiger partial charge in [0.05, 0.1) is 27.7 Å². The number of aryl methyl sites for hydroxylation is 1. The van der Waals surface area contributed by atoms with Crippen molar-refractivity contribution in [3.63, 3.8) is 0 Å². The molecular weight excluding hydrogens is 581 g/mol. The lowest BCUT2D eigenvalue weighted by Gasteiger charge is -2.12. The van der Waals surface area contributed by atoms with Crippen molar-refractivity contribution in [3.05, 3.63) is 115 Å². The molecular formula is C28H19BrClF3N4O. The maximum Gasteiger partial charge on any atom is 0.416 e. The van der Waals surface area contributed by atoms with Crippen molar-refractivity contribution in [2.75, 3.05) is 0 Å². The first-order valence-electron chi connectivity index (χ1n) is 11.4. The molecule has 2 heterocycles. The molecule has 0 aliphatic rings. The molecule has 0 N–H and O–H groups in total. The molecule has 0 radical (unpaired) electrons. The van der Waals surface area contributed by atoms with Gasteiger partial charge in [0.25, 0.3) is 5.56 Å². The van der Waals surface area contributed by atoms with Crippen molar-refractivity contribution in [1.82, 2.24) is 14.2 Å². The summed E-state index contributed by atoms with van der Waals surface area (Å²) >= 11 is 9.69. The molecule has 0 aliphatic heterocycles. The number of fused-ring (bicyclic) bond motifs is 1. The number of nitrogens with zero attached hydrogens (tertiary/aromatic N) is 4. The number of aromatic nitrogens is 3. The zero-order valence-electron chi connectivity index (χ0n) is 20.1. The van der Waals surface area contributed by atoms with E-state index in [0.717, 1.165) is 43.9 Å². The number of para-hydroxylation sites is 1. The normalized spacial score (nSPS) is 12.1. The standard InChI is InChI=1S/C28H19BrClF3N4O/c1-16-12-19(17(2)36(16)21-10-11-23(29)24(30)14-21)15-34-37-26(18-6-5-7-20(13-18)28(31,32)33)35-25-9-4-3-8-22(25)27(37)38/h3-15H,1-2H3. The summed E-state index contributed by atoms with van der Waals surface area (Å²) in [7, 11) is 0. The second kappa shape index (κ2) is 9.89. The van der Waals surface area contributed by atoms with Gasteiger partial charge in [-0.2, -0.15) is 22.9 Å². The van der Waals surface area contributed by atoms with Gasteiger partial charge in [0.2, 0.25) is 0 Å². The first-order chi connectivity index (χ1) is 18.0. The molecule has 0 saturated heterocycles. The smallest absolute Gasteiger partial charge is 0.318 e. The first-order valence-corrected chi connectivity index (χ1v) is 12.6. The molecule has 0 atom stereocenters. The van der Waals surface area contributed by atoms with Crippen LogP contribution in [0.25, 0.3) is 28.0 Å². The largest absolute Gasteiger partial charge is 0.416 e. The van der Waals surface area contributed by atoms with Crippen LogP contribution in [0.1, 0.15) is 22.5 Å². The summed E-state index contributed by atoms with van der Waals surface area (Å²) in [5.41, 5.74) is 2.46. The van der Waals surface area contributed by atoms with Crippen LogP contribution in [0.2, 0.25) is 5.02 Å². The van der Waals surface area contributed by atoms with Crippen LogP contribution in [0, 0.1) is 13.8 Å². The van der Waals surface area contributed by atoms with Gasteiger partial charge in [-0.3, -0.25) is 4.79 Å². The fraction of sp³-hybridized carbons (Fsp3) is 0.107. The molecule has 0 aliphatic carbocycles. The van der Waals surface area contributed by atoms with Crippen molar-refractivity contribution in [2.45, 2.75) is 20.0 Å². The highest BCUT2D eigenvalue weighted by Crippen LogP contribution is 2.32. The first kappa shape index (κ1) is 25.9. The quantitative estimate of drug-likeness (QED) is 0.198. The highest BCUT2D eigenvalue weighted by molar-refractivity contribution is 9.10. The van der Waals surface area contributed by atoms with E-state index in [1.54, 1.807) is 24.3 Å². The minimum Gasteiger partial charge on any atom is -0.318 e. The fourth-order valence-electron chi connectivity index (χ4n) is 4.31. The van der Waals surface area contributed by atoms with Crippen LogP contribution in [0.5, 0.6) is 0 Å². The highest BCUT2D eigenvalue weighted by Gasteiger charge is 2.31. The molecule has 0 saturated carbocycles. The fourth-order valence-corrected chi connectivity index (χ4v) is 4.73. The molecule has 3 aromatic carbocycles. The predicted molar refractivity (Wildman–Crippen MR) is 147 cm³/mol. The summed E-state index contributed by atoms with van der Waals surface area (Å²) < 4.78 is 44.1. The SMILES string of the molecule is Cc1cc(C=Nn2c(-c3cccc(C(F)(F)F)c3)nc3ccccc3c2=O)c(C)n1-c1ccc(Br)c(Cl)c1. The van der Waals surface area contributed by atoms with Crippen LogP contribution >= 0.6 is 27.5 Å². The maximum absolute atomic E-state index is 13.4. The van der Waals surface area contributed by atoms with E-state index in [9.17, 15) is 18.0 Å². The lowest BCUT2D eigenvalue weighted by Crippen LogP contribution is -2.20. The third-order valence-corrected chi connectivity index (χ3v) is 7.38. The van der Waals surface area contributed by atoms with Gasteiger partial charge in [-0.15, -0.1) is 0 Å². The Bertz CT molecular complexity index is 1790. The molecule has 2 aromatic heterocycles. The van der Waals surface area contributed by atoms with Gasteiger partial charge in [-0.05, 0) is 78.3 Å². The molecule has 192 valence electrons. The van der Waals surface area contributed by atoms with Gasteiger partial charge >= 0.3 is 6.18 Å². The molecule has 0 spiro atoms.